The molecule has 0 radical (unpaired) electrons. The molecule has 4 aliphatic rings. The van der Waals surface area contributed by atoms with E-state index >= 15 is 4.39 Å². The quantitative estimate of drug-likeness (QED) is 0.128. The number of allylic oxidation sites excluding steroid dienone is 5. The summed E-state index contributed by atoms with van der Waals surface area (Å²) in [4.78, 5) is 4.91. The molecule has 0 spiro atoms. The minimum Gasteiger partial charge on any atom is -0.482 e. The molecular formula is C89H77FN2O3. The van der Waals surface area contributed by atoms with Crippen molar-refractivity contribution >= 4 is 61.6 Å². The Morgan fingerprint density at radius 2 is 0.979 bits per heavy atom. The van der Waals surface area contributed by atoms with Gasteiger partial charge in [0.2, 0.25) is 0 Å². The summed E-state index contributed by atoms with van der Waals surface area (Å²) in [6, 6.07) is 80.3. The highest BCUT2D eigenvalue weighted by Gasteiger charge is 2.52. The number of nitrogens with zero attached hydrogens (tertiary/aromatic N) is 2. The van der Waals surface area contributed by atoms with E-state index < -0.39 is 16.6 Å². The summed E-state index contributed by atoms with van der Waals surface area (Å²) in [6.07, 6.45) is 6.79. The fourth-order valence-electron chi connectivity index (χ4n) is 16.0. The highest BCUT2D eigenvalue weighted by atomic mass is 19.1. The van der Waals surface area contributed by atoms with Crippen molar-refractivity contribution in [3.05, 3.63) is 316 Å². The summed E-state index contributed by atoms with van der Waals surface area (Å²) < 4.78 is 38.7. The smallest absolute Gasteiger partial charge is 0.145 e. The van der Waals surface area contributed by atoms with Crippen LogP contribution in [0.5, 0.6) is 11.5 Å². The molecule has 95 heavy (non-hydrogen) atoms. The molecule has 0 amide bonds. The zero-order chi connectivity index (χ0) is 65.7. The lowest BCUT2D eigenvalue weighted by atomic mass is 9.67. The predicted molar refractivity (Wildman–Crippen MR) is 392 cm³/mol. The molecule has 1 aromatic heterocycles. The fraction of sp³-hybridized carbons (Fsp3) is 0.191. The summed E-state index contributed by atoms with van der Waals surface area (Å²) in [5, 5.41) is 1.95. The molecule has 1 unspecified atom stereocenters. The highest BCUT2D eigenvalue weighted by Crippen LogP contribution is 2.65. The average Bonchev–Trinajstić information content (AvgIpc) is 1.51. The Kier molecular flexibility index (Phi) is 13.5. The van der Waals surface area contributed by atoms with Crippen molar-refractivity contribution in [2.45, 2.75) is 110 Å². The van der Waals surface area contributed by atoms with Crippen LogP contribution in [0.1, 0.15) is 132 Å². The van der Waals surface area contributed by atoms with Crippen LogP contribution in [0.4, 0.5) is 38.5 Å². The van der Waals surface area contributed by atoms with Crippen molar-refractivity contribution in [2.24, 2.45) is 0 Å². The number of hydrogen-bond acceptors (Lipinski definition) is 5. The maximum absolute atomic E-state index is 17.1. The van der Waals surface area contributed by atoms with Gasteiger partial charge in [-0.05, 0) is 209 Å². The van der Waals surface area contributed by atoms with Gasteiger partial charge in [0.05, 0.1) is 22.2 Å². The van der Waals surface area contributed by atoms with E-state index in [1.807, 2.05) is 24.3 Å². The van der Waals surface area contributed by atoms with Gasteiger partial charge in [-0.25, -0.2) is 4.39 Å². The van der Waals surface area contributed by atoms with E-state index in [1.54, 1.807) is 12.1 Å². The number of ether oxygens (including phenoxy) is 2. The molecule has 2 aliphatic heterocycles. The first-order valence-corrected chi connectivity index (χ1v) is 33.3. The van der Waals surface area contributed by atoms with Gasteiger partial charge in [-0.15, -0.1) is 0 Å². The average molecular weight is 1240 g/mol. The van der Waals surface area contributed by atoms with E-state index in [9.17, 15) is 0 Å². The molecule has 5 nitrogen and oxygen atoms in total. The van der Waals surface area contributed by atoms with E-state index in [2.05, 4.69) is 299 Å². The molecule has 0 saturated heterocycles. The molecule has 3 heterocycles. The topological polar surface area (TPSA) is 38.1 Å². The summed E-state index contributed by atoms with van der Waals surface area (Å²) in [5.74, 6) is 1.41. The Bertz CT molecular complexity index is 5220. The molecule has 0 bridgehead atoms. The van der Waals surface area contributed by atoms with Crippen LogP contribution in [0.15, 0.2) is 259 Å². The van der Waals surface area contributed by atoms with Gasteiger partial charge in [0.1, 0.15) is 39.7 Å². The van der Waals surface area contributed by atoms with Crippen LogP contribution in [-0.4, -0.2) is 0 Å². The first-order valence-electron chi connectivity index (χ1n) is 33.3. The summed E-state index contributed by atoms with van der Waals surface area (Å²) in [5.41, 5.74) is 24.2. The number of para-hydroxylation sites is 3. The molecule has 16 rings (SSSR count). The van der Waals surface area contributed by atoms with E-state index in [4.69, 9.17) is 13.9 Å². The lowest BCUT2D eigenvalue weighted by molar-refractivity contribution is 0.105. The minimum absolute atomic E-state index is 0.0956. The van der Waals surface area contributed by atoms with Crippen molar-refractivity contribution in [1.29, 1.82) is 0 Å². The van der Waals surface area contributed by atoms with Crippen molar-refractivity contribution in [1.82, 2.24) is 0 Å². The third-order valence-electron chi connectivity index (χ3n) is 20.6. The summed E-state index contributed by atoms with van der Waals surface area (Å²) >= 11 is 0. The maximum Gasteiger partial charge on any atom is 0.145 e. The van der Waals surface area contributed by atoms with Crippen molar-refractivity contribution in [3.8, 4) is 44.9 Å². The maximum atomic E-state index is 17.1. The number of anilines is 6. The van der Waals surface area contributed by atoms with E-state index in [-0.39, 0.29) is 16.6 Å². The van der Waals surface area contributed by atoms with Crippen LogP contribution in [0.3, 0.4) is 0 Å². The SMILES string of the molecule is C=C/C=C\C1=C(C)c2c(c(N(c3ccc(C(C)(C)C)cc3)c3ccc4c(c3)C(C)(C)Oc3ccccc3-4)cc3c2-c2c(cc(N(c4ccc(C(C)(C)C)cc4)c4ccc5c(c4)C(C)(C)Oc4ccccc4-5)c4c2oc2ccccc24)C3(c2ccccc2)c2cccc(F)c2)C1. The highest BCUT2D eigenvalue weighted by molar-refractivity contribution is 6.20. The second kappa shape index (κ2) is 21.6. The minimum atomic E-state index is -1.17. The zero-order valence-corrected chi connectivity index (χ0v) is 56.0. The predicted octanol–water partition coefficient (Wildman–Crippen LogP) is 24.3. The van der Waals surface area contributed by atoms with Gasteiger partial charge in [-0.2, -0.15) is 0 Å². The zero-order valence-electron chi connectivity index (χ0n) is 56.0. The third-order valence-corrected chi connectivity index (χ3v) is 20.6. The van der Waals surface area contributed by atoms with Crippen LogP contribution < -0.4 is 19.3 Å². The lowest BCUT2D eigenvalue weighted by Crippen LogP contribution is -2.30. The van der Waals surface area contributed by atoms with E-state index in [0.717, 1.165) is 145 Å². The molecule has 1 atom stereocenters. The first-order chi connectivity index (χ1) is 45.6. The number of furan rings is 1. The van der Waals surface area contributed by atoms with Crippen LogP contribution in [0, 0.1) is 5.82 Å². The van der Waals surface area contributed by atoms with Gasteiger partial charge >= 0.3 is 0 Å². The van der Waals surface area contributed by atoms with E-state index in [1.165, 1.54) is 22.3 Å². The Labute approximate surface area is 557 Å². The second-order valence-corrected chi connectivity index (χ2v) is 29.3. The molecular weight excluding hydrogens is 1160 g/mol. The molecule has 0 N–H and O–H groups in total. The fourth-order valence-corrected chi connectivity index (χ4v) is 16.0. The van der Waals surface area contributed by atoms with Gasteiger partial charge in [-0.1, -0.05) is 200 Å². The molecule has 6 heteroatoms. The molecule has 0 fully saturated rings. The van der Waals surface area contributed by atoms with Gasteiger partial charge in [0.15, 0.2) is 0 Å². The van der Waals surface area contributed by atoms with E-state index in [0.29, 0.717) is 6.42 Å². The van der Waals surface area contributed by atoms with Gasteiger partial charge in [0.25, 0.3) is 0 Å². The third kappa shape index (κ3) is 9.30. The number of halogens is 1. The summed E-state index contributed by atoms with van der Waals surface area (Å²) in [6.45, 7) is 28.7. The number of rotatable bonds is 10. The summed E-state index contributed by atoms with van der Waals surface area (Å²) in [7, 11) is 0. The Morgan fingerprint density at radius 1 is 0.474 bits per heavy atom. The second-order valence-electron chi connectivity index (χ2n) is 29.3. The van der Waals surface area contributed by atoms with Gasteiger partial charge in [0, 0.05) is 62.4 Å². The largest absolute Gasteiger partial charge is 0.482 e. The van der Waals surface area contributed by atoms with Gasteiger partial charge in [-0.3, -0.25) is 0 Å². The van der Waals surface area contributed by atoms with Gasteiger partial charge < -0.3 is 23.7 Å². The van der Waals surface area contributed by atoms with Crippen LogP contribution in [0.25, 0.3) is 60.9 Å². The molecule has 468 valence electrons. The molecule has 0 saturated carbocycles. The van der Waals surface area contributed by atoms with Crippen LogP contribution in [0.2, 0.25) is 0 Å². The Morgan fingerprint density at radius 3 is 1.55 bits per heavy atom. The molecule has 12 aromatic rings. The van der Waals surface area contributed by atoms with Crippen LogP contribution in [-0.2, 0) is 33.9 Å². The van der Waals surface area contributed by atoms with Crippen molar-refractivity contribution < 1.29 is 18.3 Å². The van der Waals surface area contributed by atoms with Crippen molar-refractivity contribution in [3.63, 3.8) is 0 Å². The molecule has 2 aliphatic carbocycles. The normalized spacial score (nSPS) is 16.3. The monoisotopic (exact) mass is 1240 g/mol. The lowest BCUT2D eigenvalue weighted by Gasteiger charge is -2.38. The Balaban J connectivity index is 1.06. The standard InChI is InChI=1S/C89H77FN2O3/c1-13-14-25-55-48-70-75(91(61-40-36-56(37-41-61)85(3,4)5)63-44-46-65-67-30-18-22-34-78(67)94-87(9,10)71(65)50-63)52-73-82(80(70)54(55)2)83-74(89(73,58-26-16-15-17-27-58)59-28-24-29-60(90)49-59)53-76(81-69-32-20-21-33-77(69)93-84(81)83)92(62-42-38-57(39-43-62)86(6,7)8)64-45-47-66-68-31-19-23-35-79(68)95-88(11,12)72(66)51-64/h13-47,49-53H,1,48H2,2-12H3/b25-14-. The number of benzene rings is 11. The first kappa shape index (κ1) is 59.6. The number of fused-ring (bicyclic) bond motifs is 15. The van der Waals surface area contributed by atoms with Crippen molar-refractivity contribution in [2.75, 3.05) is 9.80 Å². The molecule has 11 aromatic carbocycles. The number of hydrogen-bond donors (Lipinski definition) is 0. The Hall–Kier alpha value is -10.4. The van der Waals surface area contributed by atoms with Crippen LogP contribution >= 0.6 is 0 Å².